The number of rotatable bonds is 3. The number of hydrogen-bond donors (Lipinski definition) is 2. The maximum Gasteiger partial charge on any atom is 0.0359 e. The van der Waals surface area contributed by atoms with Crippen molar-refractivity contribution >= 4 is 5.69 Å². The summed E-state index contributed by atoms with van der Waals surface area (Å²) in [4.78, 5) is 0. The van der Waals surface area contributed by atoms with Gasteiger partial charge < -0.3 is 11.1 Å². The molecule has 1 aliphatic rings. The molecule has 0 heterocycles. The summed E-state index contributed by atoms with van der Waals surface area (Å²) in [6.45, 7) is 0.839. The van der Waals surface area contributed by atoms with Gasteiger partial charge in [-0.3, -0.25) is 0 Å². The summed E-state index contributed by atoms with van der Waals surface area (Å²) in [7, 11) is 0. The highest BCUT2D eigenvalue weighted by molar-refractivity contribution is 5.46. The second-order valence-corrected chi connectivity index (χ2v) is 4.87. The van der Waals surface area contributed by atoms with Crippen molar-refractivity contribution in [2.24, 2.45) is 0 Å². The van der Waals surface area contributed by atoms with Crippen LogP contribution < -0.4 is 11.1 Å². The van der Waals surface area contributed by atoms with E-state index in [0.29, 0.717) is 6.04 Å². The highest BCUT2D eigenvalue weighted by atomic mass is 14.9. The van der Waals surface area contributed by atoms with Gasteiger partial charge in [-0.1, -0.05) is 42.5 Å². The molecule has 92 valence electrons. The third-order valence-electron chi connectivity index (χ3n) is 3.73. The number of fused-ring (bicyclic) bond motifs is 1. The molecule has 1 unspecified atom stereocenters. The fraction of sp³-hybridized carbons (Fsp3) is 0.250. The molecule has 0 radical (unpaired) electrons. The van der Waals surface area contributed by atoms with E-state index in [2.05, 4.69) is 35.6 Å². The lowest BCUT2D eigenvalue weighted by molar-refractivity contribution is 0.531. The first-order valence-electron chi connectivity index (χ1n) is 6.49. The minimum absolute atomic E-state index is 0.473. The molecule has 0 bridgehead atoms. The van der Waals surface area contributed by atoms with Gasteiger partial charge in [-0.2, -0.15) is 0 Å². The topological polar surface area (TPSA) is 38.0 Å². The minimum atomic E-state index is 0.473. The fourth-order valence-corrected chi connectivity index (χ4v) is 2.70. The zero-order chi connectivity index (χ0) is 12.4. The molecule has 2 nitrogen and oxygen atoms in total. The van der Waals surface area contributed by atoms with E-state index in [1.165, 1.54) is 29.5 Å². The van der Waals surface area contributed by atoms with Crippen LogP contribution in [0, 0.1) is 0 Å². The van der Waals surface area contributed by atoms with Gasteiger partial charge in [0.2, 0.25) is 0 Å². The van der Waals surface area contributed by atoms with Crippen LogP contribution in [0.5, 0.6) is 0 Å². The van der Waals surface area contributed by atoms with Crippen molar-refractivity contribution in [2.75, 3.05) is 5.73 Å². The van der Waals surface area contributed by atoms with Crippen molar-refractivity contribution in [3.8, 4) is 0 Å². The second-order valence-electron chi connectivity index (χ2n) is 4.87. The Hall–Kier alpha value is -1.80. The van der Waals surface area contributed by atoms with Gasteiger partial charge in [-0.25, -0.2) is 0 Å². The molecule has 0 saturated carbocycles. The highest BCUT2D eigenvalue weighted by Crippen LogP contribution is 2.31. The molecule has 0 aromatic heterocycles. The molecule has 18 heavy (non-hydrogen) atoms. The number of nitrogens with one attached hydrogen (secondary N) is 1. The van der Waals surface area contributed by atoms with E-state index in [9.17, 15) is 0 Å². The van der Waals surface area contributed by atoms with E-state index in [4.69, 9.17) is 5.73 Å². The number of anilines is 1. The summed E-state index contributed by atoms with van der Waals surface area (Å²) in [6.07, 6.45) is 2.37. The van der Waals surface area contributed by atoms with Crippen LogP contribution in [0.3, 0.4) is 0 Å². The van der Waals surface area contributed by atoms with E-state index >= 15 is 0 Å². The molecule has 0 saturated heterocycles. The van der Waals surface area contributed by atoms with Gasteiger partial charge in [0.1, 0.15) is 0 Å². The summed E-state index contributed by atoms with van der Waals surface area (Å²) in [5.41, 5.74) is 10.9. The van der Waals surface area contributed by atoms with Crippen molar-refractivity contribution in [2.45, 2.75) is 25.4 Å². The second kappa shape index (κ2) is 4.83. The van der Waals surface area contributed by atoms with E-state index in [1.54, 1.807) is 0 Å². The van der Waals surface area contributed by atoms with Crippen molar-refractivity contribution in [1.82, 2.24) is 5.32 Å². The largest absolute Gasteiger partial charge is 0.398 e. The zero-order valence-corrected chi connectivity index (χ0v) is 10.4. The Balaban J connectivity index is 1.71. The first-order chi connectivity index (χ1) is 8.84. The summed E-state index contributed by atoms with van der Waals surface area (Å²) in [6, 6.07) is 17.2. The Kier molecular flexibility index (Phi) is 3.03. The van der Waals surface area contributed by atoms with Gasteiger partial charge in [-0.15, -0.1) is 0 Å². The van der Waals surface area contributed by atoms with Gasteiger partial charge in [-0.05, 0) is 35.6 Å². The molecular formula is C16H18N2. The van der Waals surface area contributed by atoms with Crippen LogP contribution in [0.2, 0.25) is 0 Å². The standard InChI is InChI=1S/C16H18N2/c17-15-8-4-2-6-13(15)11-18-16-10-9-12-5-1-3-7-14(12)16/h1-8,16,18H,9-11,17H2. The van der Waals surface area contributed by atoms with Crippen molar-refractivity contribution in [3.63, 3.8) is 0 Å². The average molecular weight is 238 g/mol. The van der Waals surface area contributed by atoms with Gasteiger partial charge in [0.15, 0.2) is 0 Å². The highest BCUT2D eigenvalue weighted by Gasteiger charge is 2.21. The summed E-state index contributed by atoms with van der Waals surface area (Å²) >= 11 is 0. The van der Waals surface area contributed by atoms with Gasteiger partial charge >= 0.3 is 0 Å². The van der Waals surface area contributed by atoms with Gasteiger partial charge in [0.05, 0.1) is 0 Å². The summed E-state index contributed by atoms with van der Waals surface area (Å²) < 4.78 is 0. The third-order valence-corrected chi connectivity index (χ3v) is 3.73. The molecule has 3 rings (SSSR count). The van der Waals surface area contributed by atoms with Crippen LogP contribution in [0.25, 0.3) is 0 Å². The molecule has 2 heteroatoms. The molecule has 0 amide bonds. The van der Waals surface area contributed by atoms with Gasteiger partial charge in [0, 0.05) is 18.3 Å². The molecule has 0 aliphatic heterocycles. The Bertz CT molecular complexity index is 548. The Labute approximate surface area is 108 Å². The number of nitrogens with two attached hydrogens (primary N) is 1. The Morgan fingerprint density at radius 1 is 1.06 bits per heavy atom. The first-order valence-corrected chi connectivity index (χ1v) is 6.49. The first kappa shape index (κ1) is 11.3. The molecule has 0 spiro atoms. The predicted octanol–water partition coefficient (Wildman–Crippen LogP) is 3.05. The van der Waals surface area contributed by atoms with Crippen LogP contribution in [-0.4, -0.2) is 0 Å². The lowest BCUT2D eigenvalue weighted by Gasteiger charge is -2.15. The number of hydrogen-bond acceptors (Lipinski definition) is 2. The third kappa shape index (κ3) is 2.12. The van der Waals surface area contributed by atoms with Crippen LogP contribution in [0.15, 0.2) is 48.5 Å². The number of nitrogen functional groups attached to an aromatic ring is 1. The molecule has 2 aromatic carbocycles. The molecule has 0 fully saturated rings. The van der Waals surface area contributed by atoms with Crippen LogP contribution in [0.1, 0.15) is 29.2 Å². The molecule has 3 N–H and O–H groups in total. The van der Waals surface area contributed by atoms with E-state index in [1.807, 2.05) is 18.2 Å². The fourth-order valence-electron chi connectivity index (χ4n) is 2.70. The molecule has 2 aromatic rings. The molecule has 1 aliphatic carbocycles. The summed E-state index contributed by atoms with van der Waals surface area (Å²) in [5.74, 6) is 0. The Morgan fingerprint density at radius 3 is 2.72 bits per heavy atom. The smallest absolute Gasteiger partial charge is 0.0359 e. The van der Waals surface area contributed by atoms with Gasteiger partial charge in [0.25, 0.3) is 0 Å². The SMILES string of the molecule is Nc1ccccc1CNC1CCc2ccccc21. The van der Waals surface area contributed by atoms with E-state index in [-0.39, 0.29) is 0 Å². The van der Waals surface area contributed by atoms with Crippen molar-refractivity contribution < 1.29 is 0 Å². The van der Waals surface area contributed by atoms with E-state index in [0.717, 1.165) is 12.2 Å². The summed E-state index contributed by atoms with van der Waals surface area (Å²) in [5, 5.41) is 3.61. The maximum atomic E-state index is 5.96. The normalized spacial score (nSPS) is 17.7. The number of para-hydroxylation sites is 1. The molecular weight excluding hydrogens is 220 g/mol. The zero-order valence-electron chi connectivity index (χ0n) is 10.4. The Morgan fingerprint density at radius 2 is 1.83 bits per heavy atom. The number of benzene rings is 2. The van der Waals surface area contributed by atoms with E-state index < -0.39 is 0 Å². The lowest BCUT2D eigenvalue weighted by atomic mass is 10.1. The minimum Gasteiger partial charge on any atom is -0.398 e. The van der Waals surface area contributed by atoms with Crippen molar-refractivity contribution in [3.05, 3.63) is 65.2 Å². The maximum absolute atomic E-state index is 5.96. The van der Waals surface area contributed by atoms with Crippen LogP contribution in [0.4, 0.5) is 5.69 Å². The monoisotopic (exact) mass is 238 g/mol. The van der Waals surface area contributed by atoms with Crippen LogP contribution in [-0.2, 0) is 13.0 Å². The predicted molar refractivity (Wildman–Crippen MR) is 75.2 cm³/mol. The molecule has 1 atom stereocenters. The quantitative estimate of drug-likeness (QED) is 0.807. The lowest BCUT2D eigenvalue weighted by Crippen LogP contribution is -2.19. The number of aryl methyl sites for hydroxylation is 1. The van der Waals surface area contributed by atoms with Crippen LogP contribution >= 0.6 is 0 Å². The average Bonchev–Trinajstić information content (AvgIpc) is 2.81. The van der Waals surface area contributed by atoms with Crippen molar-refractivity contribution in [1.29, 1.82) is 0 Å².